The van der Waals surface area contributed by atoms with Gasteiger partial charge in [0.2, 0.25) is 0 Å². The standard InChI is InChI=1S/C5H5N.C3H7.Co/c1-2-4-6-5-3-1;1-3-2;/h1-5H;1,3H2,2H3;/q;-1;. The van der Waals surface area contributed by atoms with Gasteiger partial charge in [0.05, 0.1) is 0 Å². The summed E-state index contributed by atoms with van der Waals surface area (Å²) in [6.45, 7) is 5.50. The first-order valence-electron chi connectivity index (χ1n) is 3.06. The Kier molecular flexibility index (Phi) is 14.1. The number of rotatable bonds is 0. The van der Waals surface area contributed by atoms with E-state index in [4.69, 9.17) is 0 Å². The molecule has 1 aromatic rings. The Morgan fingerprint density at radius 1 is 1.20 bits per heavy atom. The summed E-state index contributed by atoms with van der Waals surface area (Å²) in [4.78, 5) is 3.78. The normalized spacial score (nSPS) is 6.60. The first-order valence-corrected chi connectivity index (χ1v) is 3.06. The largest absolute Gasteiger partial charge is 0.344 e. The van der Waals surface area contributed by atoms with Crippen LogP contribution in [-0.2, 0) is 16.8 Å². The molecule has 0 saturated carbocycles. The molecule has 0 aliphatic rings. The molecule has 0 fully saturated rings. The summed E-state index contributed by atoms with van der Waals surface area (Å²) in [5.41, 5.74) is 0. The zero-order valence-electron chi connectivity index (χ0n) is 6.08. The van der Waals surface area contributed by atoms with Gasteiger partial charge >= 0.3 is 0 Å². The second-order valence-electron chi connectivity index (χ2n) is 1.52. The summed E-state index contributed by atoms with van der Waals surface area (Å²) in [5.74, 6) is 0. The topological polar surface area (TPSA) is 12.9 Å². The van der Waals surface area contributed by atoms with Crippen molar-refractivity contribution in [3.8, 4) is 0 Å². The van der Waals surface area contributed by atoms with Gasteiger partial charge in [0.1, 0.15) is 0 Å². The van der Waals surface area contributed by atoms with E-state index in [0.717, 1.165) is 6.42 Å². The van der Waals surface area contributed by atoms with E-state index in [-0.39, 0.29) is 16.8 Å². The van der Waals surface area contributed by atoms with Gasteiger partial charge in [0.15, 0.2) is 0 Å². The van der Waals surface area contributed by atoms with Gasteiger partial charge in [-0.3, -0.25) is 4.98 Å². The van der Waals surface area contributed by atoms with Crippen LogP contribution < -0.4 is 0 Å². The SMILES string of the molecule is [CH2-]CC.[Co].c1ccncc1. The Morgan fingerprint density at radius 2 is 1.60 bits per heavy atom. The van der Waals surface area contributed by atoms with Crippen LogP contribution in [0.1, 0.15) is 13.3 Å². The van der Waals surface area contributed by atoms with E-state index in [1.54, 1.807) is 12.4 Å². The first-order chi connectivity index (χ1) is 4.41. The smallest absolute Gasteiger partial charge is 0.0267 e. The average molecular weight is 181 g/mol. The fraction of sp³-hybridized carbons (Fsp3) is 0.250. The van der Waals surface area contributed by atoms with E-state index in [1.807, 2.05) is 25.1 Å². The molecule has 0 saturated heterocycles. The van der Waals surface area contributed by atoms with Crippen molar-refractivity contribution in [1.82, 2.24) is 4.98 Å². The molecule has 1 aromatic heterocycles. The molecule has 2 heteroatoms. The van der Waals surface area contributed by atoms with Gasteiger partial charge in [-0.05, 0) is 12.1 Å². The molecule has 59 valence electrons. The molecule has 0 aliphatic carbocycles. The van der Waals surface area contributed by atoms with Crippen molar-refractivity contribution in [2.75, 3.05) is 0 Å². The number of hydrogen-bond donors (Lipinski definition) is 0. The van der Waals surface area contributed by atoms with Gasteiger partial charge in [-0.25, -0.2) is 0 Å². The molecule has 0 atom stereocenters. The minimum absolute atomic E-state index is 0. The molecule has 0 amide bonds. The zero-order valence-corrected chi connectivity index (χ0v) is 7.12. The van der Waals surface area contributed by atoms with Crippen LogP contribution in [-0.4, -0.2) is 4.98 Å². The molecule has 0 unspecified atom stereocenters. The van der Waals surface area contributed by atoms with E-state index < -0.39 is 0 Å². The summed E-state index contributed by atoms with van der Waals surface area (Å²) in [7, 11) is 0. The molecule has 0 N–H and O–H groups in total. The number of pyridine rings is 1. The Hall–Kier alpha value is -0.344. The van der Waals surface area contributed by atoms with Crippen molar-refractivity contribution in [1.29, 1.82) is 0 Å². The summed E-state index contributed by atoms with van der Waals surface area (Å²) in [5, 5.41) is 0. The quantitative estimate of drug-likeness (QED) is 0.559. The van der Waals surface area contributed by atoms with Gasteiger partial charge < -0.3 is 6.92 Å². The van der Waals surface area contributed by atoms with Crippen LogP contribution in [0.15, 0.2) is 30.6 Å². The average Bonchev–Trinajstić information content (AvgIpc) is 1.93. The van der Waals surface area contributed by atoms with Crippen molar-refractivity contribution in [2.45, 2.75) is 13.3 Å². The minimum atomic E-state index is 0. The Morgan fingerprint density at radius 3 is 1.70 bits per heavy atom. The van der Waals surface area contributed by atoms with Crippen LogP contribution in [0.2, 0.25) is 0 Å². The maximum absolute atomic E-state index is 3.78. The van der Waals surface area contributed by atoms with Crippen LogP contribution in [0.4, 0.5) is 0 Å². The number of hydrogen-bond acceptors (Lipinski definition) is 1. The van der Waals surface area contributed by atoms with Gasteiger partial charge in [0.25, 0.3) is 0 Å². The zero-order chi connectivity index (χ0) is 6.95. The molecule has 1 radical (unpaired) electrons. The second kappa shape index (κ2) is 11.5. The fourth-order valence-electron chi connectivity index (χ4n) is 0.313. The number of nitrogens with zero attached hydrogens (tertiary/aromatic N) is 1. The maximum atomic E-state index is 3.78. The molecule has 0 spiro atoms. The molecule has 0 bridgehead atoms. The summed E-state index contributed by atoms with van der Waals surface area (Å²) in [6, 6.07) is 5.72. The molecule has 1 nitrogen and oxygen atoms in total. The Balaban J connectivity index is 0. The number of aromatic nitrogens is 1. The fourth-order valence-corrected chi connectivity index (χ4v) is 0.313. The van der Waals surface area contributed by atoms with Gasteiger partial charge in [0, 0.05) is 29.2 Å². The predicted octanol–water partition coefficient (Wildman–Crippen LogP) is 2.31. The molecular formula is C8H12CoN-. The predicted molar refractivity (Wildman–Crippen MR) is 39.9 cm³/mol. The molecule has 10 heavy (non-hydrogen) atoms. The Bertz CT molecular complexity index is 92.1. The molecular weight excluding hydrogens is 169 g/mol. The minimum Gasteiger partial charge on any atom is -0.344 e. The first kappa shape index (κ1) is 12.3. The van der Waals surface area contributed by atoms with Crippen LogP contribution in [0, 0.1) is 6.92 Å². The van der Waals surface area contributed by atoms with Crippen molar-refractivity contribution in [3.63, 3.8) is 0 Å². The summed E-state index contributed by atoms with van der Waals surface area (Å²) in [6.07, 6.45) is 4.50. The third-order valence-corrected chi connectivity index (χ3v) is 0.566. The summed E-state index contributed by atoms with van der Waals surface area (Å²) < 4.78 is 0. The van der Waals surface area contributed by atoms with Crippen LogP contribution in [0.25, 0.3) is 0 Å². The maximum Gasteiger partial charge on any atom is 0.0267 e. The van der Waals surface area contributed by atoms with E-state index in [2.05, 4.69) is 11.9 Å². The molecule has 1 heterocycles. The van der Waals surface area contributed by atoms with Crippen molar-refractivity contribution in [3.05, 3.63) is 37.5 Å². The monoisotopic (exact) mass is 181 g/mol. The van der Waals surface area contributed by atoms with Gasteiger partial charge in [-0.1, -0.05) is 13.0 Å². The third kappa shape index (κ3) is 10.6. The molecule has 0 aromatic carbocycles. The molecule has 1 rings (SSSR count). The van der Waals surface area contributed by atoms with E-state index >= 15 is 0 Å². The van der Waals surface area contributed by atoms with Crippen LogP contribution in [0.3, 0.4) is 0 Å². The van der Waals surface area contributed by atoms with Crippen molar-refractivity contribution >= 4 is 0 Å². The van der Waals surface area contributed by atoms with Crippen molar-refractivity contribution in [2.24, 2.45) is 0 Å². The Labute approximate surface area is 73.1 Å². The third-order valence-electron chi connectivity index (χ3n) is 0.566. The van der Waals surface area contributed by atoms with Crippen molar-refractivity contribution < 1.29 is 16.8 Å². The van der Waals surface area contributed by atoms with E-state index in [9.17, 15) is 0 Å². The van der Waals surface area contributed by atoms with Gasteiger partial charge in [-0.2, -0.15) is 6.42 Å². The van der Waals surface area contributed by atoms with Gasteiger partial charge in [-0.15, -0.1) is 0 Å². The molecule has 0 aliphatic heterocycles. The van der Waals surface area contributed by atoms with E-state index in [0.29, 0.717) is 0 Å². The van der Waals surface area contributed by atoms with Crippen LogP contribution in [0.5, 0.6) is 0 Å². The van der Waals surface area contributed by atoms with Crippen LogP contribution >= 0.6 is 0 Å². The van der Waals surface area contributed by atoms with E-state index in [1.165, 1.54) is 0 Å². The summed E-state index contributed by atoms with van der Waals surface area (Å²) >= 11 is 0. The second-order valence-corrected chi connectivity index (χ2v) is 1.52.